The maximum absolute atomic E-state index is 13.2. The van der Waals surface area contributed by atoms with Gasteiger partial charge in [-0.15, -0.1) is 11.8 Å². The highest BCUT2D eigenvalue weighted by Gasteiger charge is 2.22. The van der Waals surface area contributed by atoms with E-state index in [2.05, 4.69) is 10.2 Å². The second-order valence-corrected chi connectivity index (χ2v) is 9.94. The third kappa shape index (κ3) is 6.73. The first-order chi connectivity index (χ1) is 17.2. The summed E-state index contributed by atoms with van der Waals surface area (Å²) in [6, 6.07) is 14.9. The first kappa shape index (κ1) is 27.4. The van der Waals surface area contributed by atoms with Crippen LogP contribution in [0.2, 0.25) is 0 Å². The molecule has 0 spiro atoms. The minimum atomic E-state index is -0.540. The van der Waals surface area contributed by atoms with E-state index in [1.54, 1.807) is 11.8 Å². The Morgan fingerprint density at radius 1 is 1.06 bits per heavy atom. The average molecular weight is 509 g/mol. The predicted octanol–water partition coefficient (Wildman–Crippen LogP) is 3.87. The van der Waals surface area contributed by atoms with Gasteiger partial charge >= 0.3 is 0 Å². The lowest BCUT2D eigenvalue weighted by molar-refractivity contribution is -0.119. The Morgan fingerprint density at radius 3 is 2.42 bits per heavy atom. The molecule has 2 amide bonds. The van der Waals surface area contributed by atoms with Crippen LogP contribution in [0.15, 0.2) is 53.4 Å². The number of nitrogens with zero attached hydrogens (tertiary/aromatic N) is 4. The molecule has 36 heavy (non-hydrogen) atoms. The van der Waals surface area contributed by atoms with Crippen molar-refractivity contribution in [3.63, 3.8) is 0 Å². The molecule has 0 aliphatic heterocycles. The zero-order valence-electron chi connectivity index (χ0n) is 21.7. The summed E-state index contributed by atoms with van der Waals surface area (Å²) in [6.45, 7) is 8.25. The molecular formula is C27H36N6O2S. The van der Waals surface area contributed by atoms with E-state index in [0.717, 1.165) is 21.4 Å². The fourth-order valence-electron chi connectivity index (χ4n) is 4.03. The monoisotopic (exact) mass is 508 g/mol. The topological polar surface area (TPSA) is 104 Å². The number of likely N-dealkylation sites (N-methyl/N-ethyl adjacent to an activating group) is 2. The number of aromatic nitrogens is 2. The van der Waals surface area contributed by atoms with Crippen LogP contribution in [0, 0.1) is 5.92 Å². The van der Waals surface area contributed by atoms with E-state index in [9.17, 15) is 9.59 Å². The van der Waals surface area contributed by atoms with Gasteiger partial charge in [0.1, 0.15) is 17.7 Å². The highest BCUT2D eigenvalue weighted by Crippen LogP contribution is 2.23. The van der Waals surface area contributed by atoms with Crippen molar-refractivity contribution in [3.8, 4) is 0 Å². The molecule has 8 nitrogen and oxygen atoms in total. The van der Waals surface area contributed by atoms with E-state index in [-0.39, 0.29) is 11.8 Å². The van der Waals surface area contributed by atoms with Crippen LogP contribution >= 0.6 is 11.8 Å². The molecule has 9 heteroatoms. The molecule has 1 aromatic heterocycles. The largest absolute Gasteiger partial charge is 0.368 e. The first-order valence-corrected chi connectivity index (χ1v) is 13.4. The molecule has 0 fully saturated rings. The number of hydrogen-bond donors (Lipinski definition) is 2. The van der Waals surface area contributed by atoms with Crippen LogP contribution in [-0.2, 0) is 11.3 Å². The van der Waals surface area contributed by atoms with E-state index in [1.807, 2.05) is 87.5 Å². The van der Waals surface area contributed by atoms with Crippen molar-refractivity contribution in [2.75, 3.05) is 38.3 Å². The van der Waals surface area contributed by atoms with Gasteiger partial charge in [-0.05, 0) is 50.4 Å². The van der Waals surface area contributed by atoms with E-state index >= 15 is 0 Å². The maximum atomic E-state index is 13.2. The number of nitrogens with two attached hydrogens (primary N) is 1. The van der Waals surface area contributed by atoms with Crippen LogP contribution in [0.1, 0.15) is 37.0 Å². The molecule has 192 valence electrons. The van der Waals surface area contributed by atoms with Gasteiger partial charge in [0.05, 0.1) is 17.6 Å². The number of benzene rings is 2. The number of rotatable bonds is 12. The summed E-state index contributed by atoms with van der Waals surface area (Å²) in [6.07, 6.45) is 1.98. The zero-order valence-corrected chi connectivity index (χ0v) is 22.5. The van der Waals surface area contributed by atoms with E-state index in [0.29, 0.717) is 37.8 Å². The smallest absolute Gasteiger partial charge is 0.255 e. The quantitative estimate of drug-likeness (QED) is 0.358. The Kier molecular flexibility index (Phi) is 9.66. The van der Waals surface area contributed by atoms with Crippen molar-refractivity contribution >= 4 is 40.3 Å². The molecule has 0 saturated heterocycles. The molecule has 1 heterocycles. The molecule has 0 aliphatic rings. The van der Waals surface area contributed by atoms with Gasteiger partial charge < -0.3 is 16.0 Å². The number of anilines is 1. The Hall–Kier alpha value is -3.17. The molecule has 3 rings (SSSR count). The Morgan fingerprint density at radius 2 is 1.75 bits per heavy atom. The SMILES string of the molecule is CCN(CCN(C)Cc1nc(N[C@H](C(N)=O)C(C)C)c2ccccc2n1)C(=O)c1ccccc1SC. The number of nitrogens with one attached hydrogen (secondary N) is 1. The average Bonchev–Trinajstić information content (AvgIpc) is 2.86. The molecule has 1 atom stereocenters. The van der Waals surface area contributed by atoms with Gasteiger partial charge in [-0.1, -0.05) is 38.1 Å². The number of carbonyl (C=O) groups is 2. The molecular weight excluding hydrogens is 472 g/mol. The van der Waals surface area contributed by atoms with Crippen LogP contribution < -0.4 is 11.1 Å². The van der Waals surface area contributed by atoms with Gasteiger partial charge in [-0.2, -0.15) is 0 Å². The minimum absolute atomic E-state index is 0.0103. The fraction of sp³-hybridized carbons (Fsp3) is 0.407. The van der Waals surface area contributed by atoms with Crippen molar-refractivity contribution in [2.24, 2.45) is 11.7 Å². The number of fused-ring (bicyclic) bond motifs is 1. The Labute approximate surface area is 217 Å². The van der Waals surface area contributed by atoms with Crippen molar-refractivity contribution in [1.29, 1.82) is 0 Å². The van der Waals surface area contributed by atoms with Gasteiger partial charge in [0.25, 0.3) is 5.91 Å². The number of para-hydroxylation sites is 1. The summed E-state index contributed by atoms with van der Waals surface area (Å²) in [4.78, 5) is 39.6. The molecule has 0 bridgehead atoms. The lowest BCUT2D eigenvalue weighted by Gasteiger charge is -2.25. The van der Waals surface area contributed by atoms with Gasteiger partial charge in [0, 0.05) is 29.9 Å². The van der Waals surface area contributed by atoms with Crippen LogP contribution in [0.5, 0.6) is 0 Å². The van der Waals surface area contributed by atoms with E-state index in [4.69, 9.17) is 15.7 Å². The number of hydrogen-bond acceptors (Lipinski definition) is 7. The minimum Gasteiger partial charge on any atom is -0.368 e. The number of carbonyl (C=O) groups excluding carboxylic acids is 2. The van der Waals surface area contributed by atoms with Crippen LogP contribution in [-0.4, -0.2) is 70.6 Å². The van der Waals surface area contributed by atoms with Crippen molar-refractivity contribution in [1.82, 2.24) is 19.8 Å². The summed E-state index contributed by atoms with van der Waals surface area (Å²) in [7, 11) is 1.99. The molecule has 3 N–H and O–H groups in total. The van der Waals surface area contributed by atoms with Crippen LogP contribution in [0.25, 0.3) is 10.9 Å². The highest BCUT2D eigenvalue weighted by atomic mass is 32.2. The molecule has 0 saturated carbocycles. The van der Waals surface area contributed by atoms with Gasteiger partial charge in [-0.25, -0.2) is 9.97 Å². The zero-order chi connectivity index (χ0) is 26.2. The number of amides is 2. The van der Waals surface area contributed by atoms with E-state index in [1.165, 1.54) is 0 Å². The number of thioether (sulfide) groups is 1. The summed E-state index contributed by atoms with van der Waals surface area (Å²) in [5.74, 6) is 0.860. The normalized spacial score (nSPS) is 12.2. The first-order valence-electron chi connectivity index (χ1n) is 12.2. The highest BCUT2D eigenvalue weighted by molar-refractivity contribution is 7.98. The number of primary amides is 1. The Bertz CT molecular complexity index is 1200. The van der Waals surface area contributed by atoms with Crippen molar-refractivity contribution in [3.05, 3.63) is 59.9 Å². The second-order valence-electron chi connectivity index (χ2n) is 9.10. The third-order valence-corrected chi connectivity index (χ3v) is 6.88. The van der Waals surface area contributed by atoms with Crippen LogP contribution in [0.3, 0.4) is 0 Å². The molecule has 2 aromatic carbocycles. The standard InChI is InChI=1S/C27H36N6O2S/c1-6-33(27(35)20-12-8-10-14-22(20)36-5)16-15-32(4)17-23-29-21-13-9-7-11-19(21)26(30-23)31-24(18(2)3)25(28)34/h7-14,18,24H,6,15-17H2,1-5H3,(H2,28,34)(H,29,30,31)/t24-/m0/s1. The van der Waals surface area contributed by atoms with Gasteiger partial charge in [-0.3, -0.25) is 14.5 Å². The summed E-state index contributed by atoms with van der Waals surface area (Å²) < 4.78 is 0. The summed E-state index contributed by atoms with van der Waals surface area (Å²) >= 11 is 1.58. The molecule has 0 radical (unpaired) electrons. The third-order valence-electron chi connectivity index (χ3n) is 6.08. The van der Waals surface area contributed by atoms with Gasteiger partial charge in [0.15, 0.2) is 0 Å². The van der Waals surface area contributed by atoms with Gasteiger partial charge in [0.2, 0.25) is 5.91 Å². The second kappa shape index (κ2) is 12.7. The summed E-state index contributed by atoms with van der Waals surface area (Å²) in [5.41, 5.74) is 7.16. The molecule has 3 aromatic rings. The van der Waals surface area contributed by atoms with Crippen molar-refractivity contribution < 1.29 is 9.59 Å². The molecule has 0 unspecified atom stereocenters. The van der Waals surface area contributed by atoms with E-state index < -0.39 is 11.9 Å². The fourth-order valence-corrected chi connectivity index (χ4v) is 4.62. The lowest BCUT2D eigenvalue weighted by atomic mass is 10.0. The van der Waals surface area contributed by atoms with Crippen LogP contribution in [0.4, 0.5) is 5.82 Å². The predicted molar refractivity (Wildman–Crippen MR) is 147 cm³/mol. The summed E-state index contributed by atoms with van der Waals surface area (Å²) in [5, 5.41) is 4.08. The lowest BCUT2D eigenvalue weighted by Crippen LogP contribution is -2.40. The van der Waals surface area contributed by atoms with Crippen molar-refractivity contribution in [2.45, 2.75) is 38.3 Å². The Balaban J connectivity index is 1.74. The molecule has 0 aliphatic carbocycles. The maximum Gasteiger partial charge on any atom is 0.255 e.